The molecule has 2 N–H and O–H groups in total. The van der Waals surface area contributed by atoms with Gasteiger partial charge in [-0.1, -0.05) is 6.42 Å². The van der Waals surface area contributed by atoms with Gasteiger partial charge >= 0.3 is 12.2 Å². The van der Waals surface area contributed by atoms with Crippen molar-refractivity contribution in [3.8, 4) is 22.9 Å². The summed E-state index contributed by atoms with van der Waals surface area (Å²) in [6, 6.07) is -0.500. The summed E-state index contributed by atoms with van der Waals surface area (Å²) in [5, 5.41) is 17.2. The van der Waals surface area contributed by atoms with Gasteiger partial charge in [0, 0.05) is 12.1 Å². The van der Waals surface area contributed by atoms with Gasteiger partial charge in [0.1, 0.15) is 12.1 Å². The van der Waals surface area contributed by atoms with Crippen molar-refractivity contribution in [2.75, 3.05) is 20.3 Å². The fourth-order valence-corrected chi connectivity index (χ4v) is 4.63. The summed E-state index contributed by atoms with van der Waals surface area (Å²) in [4.78, 5) is 28.1. The maximum Gasteiger partial charge on any atom is 0.391 e. The second-order valence-electron chi connectivity index (χ2n) is 9.37. The van der Waals surface area contributed by atoms with Crippen molar-refractivity contribution in [2.24, 2.45) is 0 Å². The SMILES string of the molecule is CCN1C(=O)NC(C(O)CC(F)(F)F)CCCCCOc2nc(cn3ncnc23)-c2cc(ncc2OC)[C@H]1C. The van der Waals surface area contributed by atoms with Crippen molar-refractivity contribution in [1.29, 1.82) is 0 Å². The van der Waals surface area contributed by atoms with Crippen LogP contribution in [-0.4, -0.2) is 79.2 Å². The number of rotatable bonds is 4. The number of aliphatic hydroxyl groups is 1. The van der Waals surface area contributed by atoms with Crippen molar-refractivity contribution >= 4 is 11.7 Å². The summed E-state index contributed by atoms with van der Waals surface area (Å²) in [6.07, 6.45) is -1.36. The lowest BCUT2D eigenvalue weighted by molar-refractivity contribution is -0.156. The lowest BCUT2D eigenvalue weighted by Crippen LogP contribution is -2.50. The molecule has 212 valence electrons. The first-order valence-corrected chi connectivity index (χ1v) is 12.8. The average Bonchev–Trinajstić information content (AvgIpc) is 3.37. The van der Waals surface area contributed by atoms with E-state index in [-0.39, 0.29) is 25.5 Å². The molecule has 0 aliphatic carbocycles. The Kier molecular flexibility index (Phi) is 8.73. The van der Waals surface area contributed by atoms with Crippen LogP contribution in [0.2, 0.25) is 0 Å². The number of carbonyl (C=O) groups is 1. The van der Waals surface area contributed by atoms with Gasteiger partial charge in [0.2, 0.25) is 5.65 Å². The van der Waals surface area contributed by atoms with Crippen molar-refractivity contribution in [3.05, 3.63) is 30.5 Å². The van der Waals surface area contributed by atoms with Crippen LogP contribution in [0.5, 0.6) is 11.6 Å². The molecule has 14 heteroatoms. The van der Waals surface area contributed by atoms with Gasteiger partial charge in [-0.05, 0) is 39.2 Å². The summed E-state index contributed by atoms with van der Waals surface area (Å²) >= 11 is 0. The fourth-order valence-electron chi connectivity index (χ4n) is 4.63. The molecular formula is C25H32F3N7O4. The molecule has 0 saturated heterocycles. The molecule has 1 aliphatic heterocycles. The molecule has 2 amide bonds. The van der Waals surface area contributed by atoms with Crippen molar-refractivity contribution in [3.63, 3.8) is 0 Å². The minimum atomic E-state index is -4.57. The molecular weight excluding hydrogens is 519 g/mol. The minimum Gasteiger partial charge on any atom is -0.494 e. The number of ether oxygens (including phenoxy) is 2. The Morgan fingerprint density at radius 2 is 2.08 bits per heavy atom. The number of methoxy groups -OCH3 is 1. The van der Waals surface area contributed by atoms with Gasteiger partial charge in [-0.15, -0.1) is 0 Å². The predicted octanol–water partition coefficient (Wildman–Crippen LogP) is 3.92. The number of halogens is 3. The predicted molar refractivity (Wildman–Crippen MR) is 134 cm³/mol. The number of nitrogens with zero attached hydrogens (tertiary/aromatic N) is 6. The maximum absolute atomic E-state index is 13.3. The van der Waals surface area contributed by atoms with Crippen molar-refractivity contribution in [1.82, 2.24) is 34.8 Å². The molecule has 3 aromatic rings. The number of fused-ring (bicyclic) bond motifs is 7. The highest BCUT2D eigenvalue weighted by Crippen LogP contribution is 2.33. The summed E-state index contributed by atoms with van der Waals surface area (Å²) < 4.78 is 52.2. The standard InChI is InChI=1S/C25H32F3N7O4/c1-4-34-15(2)18-10-16(21(38-3)12-29-18)19-13-35-22(30-14-31-35)23(32-19)39-9-7-5-6-8-17(33-24(34)37)20(36)11-25(26,27)28/h10,12-15,17,20,36H,4-9,11H2,1-3H3,(H,33,37)/t15-,17?,20?/m1/s1. The quantitative estimate of drug-likeness (QED) is 0.500. The lowest BCUT2D eigenvalue weighted by atomic mass is 10.0. The number of aliphatic hydroxyl groups excluding tert-OH is 1. The van der Waals surface area contributed by atoms with E-state index in [9.17, 15) is 23.1 Å². The van der Waals surface area contributed by atoms with Gasteiger partial charge in [-0.2, -0.15) is 18.3 Å². The van der Waals surface area contributed by atoms with Gasteiger partial charge in [0.15, 0.2) is 0 Å². The Labute approximate surface area is 223 Å². The molecule has 0 spiro atoms. The van der Waals surface area contributed by atoms with Crippen LogP contribution in [-0.2, 0) is 0 Å². The highest BCUT2D eigenvalue weighted by molar-refractivity contribution is 5.75. The zero-order valence-corrected chi connectivity index (χ0v) is 22.0. The van der Waals surface area contributed by atoms with E-state index >= 15 is 0 Å². The van der Waals surface area contributed by atoms with Gasteiger partial charge in [-0.3, -0.25) is 4.98 Å². The highest BCUT2D eigenvalue weighted by Gasteiger charge is 2.36. The molecule has 4 bridgehead atoms. The Morgan fingerprint density at radius 3 is 2.79 bits per heavy atom. The molecule has 4 rings (SSSR count). The van der Waals surface area contributed by atoms with Crippen LogP contribution in [0.15, 0.2) is 24.8 Å². The number of nitrogens with one attached hydrogen (secondary N) is 1. The first-order valence-electron chi connectivity index (χ1n) is 12.8. The minimum absolute atomic E-state index is 0.169. The lowest BCUT2D eigenvalue weighted by Gasteiger charge is -2.32. The highest BCUT2D eigenvalue weighted by atomic mass is 19.4. The Balaban J connectivity index is 1.74. The van der Waals surface area contributed by atoms with E-state index in [1.165, 1.54) is 24.5 Å². The molecule has 11 nitrogen and oxygen atoms in total. The summed E-state index contributed by atoms with van der Waals surface area (Å²) in [6.45, 7) is 4.05. The van der Waals surface area contributed by atoms with Gasteiger partial charge in [-0.25, -0.2) is 19.3 Å². The van der Waals surface area contributed by atoms with E-state index in [4.69, 9.17) is 9.47 Å². The largest absolute Gasteiger partial charge is 0.494 e. The van der Waals surface area contributed by atoms with Crippen LogP contribution in [0.1, 0.15) is 57.7 Å². The van der Waals surface area contributed by atoms with Crippen molar-refractivity contribution < 1.29 is 32.5 Å². The first kappa shape index (κ1) is 28.3. The number of hydrogen-bond acceptors (Lipinski definition) is 8. The monoisotopic (exact) mass is 551 g/mol. The summed E-state index contributed by atoms with van der Waals surface area (Å²) in [5.74, 6) is 0.706. The van der Waals surface area contributed by atoms with Crippen LogP contribution in [0, 0.1) is 0 Å². The molecule has 0 fully saturated rings. The molecule has 3 aromatic heterocycles. The Morgan fingerprint density at radius 1 is 1.28 bits per heavy atom. The van der Waals surface area contributed by atoms with Gasteiger partial charge in [0.25, 0.3) is 5.88 Å². The number of hydrogen-bond donors (Lipinski definition) is 2. The third kappa shape index (κ3) is 6.67. The van der Waals surface area contributed by atoms with E-state index in [0.29, 0.717) is 47.6 Å². The maximum atomic E-state index is 13.3. The molecule has 0 radical (unpaired) electrons. The number of urea groups is 1. The van der Waals surface area contributed by atoms with Gasteiger partial charge in [0.05, 0.1) is 62.1 Å². The van der Waals surface area contributed by atoms with Crippen LogP contribution in [0.4, 0.5) is 18.0 Å². The van der Waals surface area contributed by atoms with Crippen LogP contribution < -0.4 is 14.8 Å². The third-order valence-electron chi connectivity index (χ3n) is 6.72. The molecule has 4 heterocycles. The molecule has 1 aliphatic rings. The van der Waals surface area contributed by atoms with Gasteiger partial charge < -0.3 is 24.8 Å². The first-order chi connectivity index (χ1) is 18.6. The van der Waals surface area contributed by atoms with E-state index in [2.05, 4.69) is 25.4 Å². The second kappa shape index (κ2) is 12.0. The molecule has 39 heavy (non-hydrogen) atoms. The molecule has 0 aromatic carbocycles. The third-order valence-corrected chi connectivity index (χ3v) is 6.72. The Hall–Kier alpha value is -3.68. The van der Waals surface area contributed by atoms with Crippen LogP contribution in [0.3, 0.4) is 0 Å². The zero-order chi connectivity index (χ0) is 28.2. The summed E-state index contributed by atoms with van der Waals surface area (Å²) in [7, 11) is 1.50. The van der Waals surface area contributed by atoms with Crippen LogP contribution >= 0.6 is 0 Å². The normalized spacial score (nSPS) is 20.2. The molecule has 2 unspecified atom stereocenters. The van der Waals surface area contributed by atoms with Crippen LogP contribution in [0.25, 0.3) is 16.9 Å². The summed E-state index contributed by atoms with van der Waals surface area (Å²) in [5.41, 5.74) is 2.00. The number of aromatic nitrogens is 5. The number of carbonyl (C=O) groups excluding carboxylic acids is 1. The number of pyridine rings is 1. The molecule has 3 atom stereocenters. The second-order valence-corrected chi connectivity index (χ2v) is 9.37. The fraction of sp³-hybridized carbons (Fsp3) is 0.560. The topological polar surface area (TPSA) is 127 Å². The van der Waals surface area contributed by atoms with E-state index < -0.39 is 36.8 Å². The van der Waals surface area contributed by atoms with E-state index in [0.717, 1.165) is 0 Å². The number of amides is 2. The molecule has 0 saturated carbocycles. The van der Waals surface area contributed by atoms with E-state index in [1.807, 2.05) is 0 Å². The van der Waals surface area contributed by atoms with Crippen molar-refractivity contribution in [2.45, 2.75) is 70.3 Å². The number of alkyl halides is 3. The van der Waals surface area contributed by atoms with E-state index in [1.54, 1.807) is 30.6 Å². The smallest absolute Gasteiger partial charge is 0.391 e. The average molecular weight is 552 g/mol. The Bertz CT molecular complexity index is 1290. The zero-order valence-electron chi connectivity index (χ0n) is 22.0.